The molecular formula is C26H46O. The summed E-state index contributed by atoms with van der Waals surface area (Å²) in [5, 5.41) is 10.9. The lowest BCUT2D eigenvalue weighted by molar-refractivity contribution is -0.107. The van der Waals surface area contributed by atoms with E-state index in [1.165, 1.54) is 77.0 Å². The van der Waals surface area contributed by atoms with Gasteiger partial charge in [-0.15, -0.1) is 0 Å². The lowest BCUT2D eigenvalue weighted by atomic mass is 9.48. The molecule has 0 spiro atoms. The second-order valence-corrected chi connectivity index (χ2v) is 11.4. The van der Waals surface area contributed by atoms with Crippen LogP contribution in [0.15, 0.2) is 0 Å². The first-order valence-electron chi connectivity index (χ1n) is 12.7. The predicted molar refractivity (Wildman–Crippen MR) is 115 cm³/mol. The Morgan fingerprint density at radius 3 is 2.41 bits per heavy atom. The monoisotopic (exact) mass is 374 g/mol. The molecule has 0 aromatic heterocycles. The molecule has 4 aliphatic carbocycles. The number of unbranched alkanes of at least 4 members (excludes halogenated alkanes) is 3. The summed E-state index contributed by atoms with van der Waals surface area (Å²) in [4.78, 5) is 0. The molecule has 0 aromatic rings. The van der Waals surface area contributed by atoms with Gasteiger partial charge in [0, 0.05) is 0 Å². The number of hydrogen-bond acceptors (Lipinski definition) is 1. The summed E-state index contributed by atoms with van der Waals surface area (Å²) in [7, 11) is 0. The standard InChI is InChI=1S/C26H46O/c1-4-6-7-8-9-20-11-13-24-23-12-10-19-18-26(27,5-2)17-15-21(19)22(23)14-16-25(20,24)3/h19-24,27H,4-18H2,1-3H3/t19?,20?,21?,22?,23?,24?,25?,26-/m0/s1. The predicted octanol–water partition coefficient (Wildman–Crippen LogP) is 7.37. The van der Waals surface area contributed by atoms with Crippen molar-refractivity contribution in [3.8, 4) is 0 Å². The fourth-order valence-corrected chi connectivity index (χ4v) is 8.68. The van der Waals surface area contributed by atoms with E-state index in [-0.39, 0.29) is 5.60 Å². The maximum atomic E-state index is 10.9. The molecule has 4 aliphatic rings. The molecule has 4 saturated carbocycles. The van der Waals surface area contributed by atoms with Crippen molar-refractivity contribution < 1.29 is 5.11 Å². The highest BCUT2D eigenvalue weighted by molar-refractivity contribution is 5.06. The maximum Gasteiger partial charge on any atom is 0.0648 e. The van der Waals surface area contributed by atoms with Crippen molar-refractivity contribution in [2.24, 2.45) is 40.9 Å². The quantitative estimate of drug-likeness (QED) is 0.481. The van der Waals surface area contributed by atoms with E-state index in [0.29, 0.717) is 5.41 Å². The summed E-state index contributed by atoms with van der Waals surface area (Å²) in [6.45, 7) is 7.22. The Bertz CT molecular complexity index is 500. The fraction of sp³-hybridized carbons (Fsp3) is 1.00. The van der Waals surface area contributed by atoms with E-state index < -0.39 is 0 Å². The minimum absolute atomic E-state index is 0.325. The van der Waals surface area contributed by atoms with Crippen LogP contribution in [-0.2, 0) is 0 Å². The van der Waals surface area contributed by atoms with E-state index in [4.69, 9.17) is 0 Å². The van der Waals surface area contributed by atoms with Gasteiger partial charge in [-0.2, -0.15) is 0 Å². The SMILES string of the molecule is CCCCCCC1CCC2C3CCC4C[C@](O)(CC)CCC4C3CCC12C. The number of rotatable bonds is 6. The van der Waals surface area contributed by atoms with Crippen LogP contribution < -0.4 is 0 Å². The Labute approximate surface area is 169 Å². The Balaban J connectivity index is 1.41. The van der Waals surface area contributed by atoms with Gasteiger partial charge in [0.05, 0.1) is 5.60 Å². The zero-order chi connectivity index (χ0) is 19.1. The average Bonchev–Trinajstić information content (AvgIpc) is 3.01. The van der Waals surface area contributed by atoms with Crippen LogP contribution in [-0.4, -0.2) is 10.7 Å². The molecular weight excluding hydrogens is 328 g/mol. The molecule has 0 saturated heterocycles. The molecule has 0 amide bonds. The van der Waals surface area contributed by atoms with Gasteiger partial charge in [-0.25, -0.2) is 0 Å². The molecule has 0 aromatic carbocycles. The van der Waals surface area contributed by atoms with Crippen LogP contribution >= 0.6 is 0 Å². The van der Waals surface area contributed by atoms with Crippen LogP contribution in [0.25, 0.3) is 0 Å². The van der Waals surface area contributed by atoms with Crippen molar-refractivity contribution in [1.82, 2.24) is 0 Å². The van der Waals surface area contributed by atoms with Crippen molar-refractivity contribution in [1.29, 1.82) is 0 Å². The van der Waals surface area contributed by atoms with E-state index in [1.807, 2.05) is 0 Å². The Morgan fingerprint density at radius 1 is 0.815 bits per heavy atom. The molecule has 4 fully saturated rings. The molecule has 156 valence electrons. The summed E-state index contributed by atoms with van der Waals surface area (Å²) in [6.07, 6.45) is 20.7. The van der Waals surface area contributed by atoms with Crippen molar-refractivity contribution in [3.05, 3.63) is 0 Å². The van der Waals surface area contributed by atoms with Gasteiger partial charge in [0.1, 0.15) is 0 Å². The van der Waals surface area contributed by atoms with Crippen molar-refractivity contribution in [2.75, 3.05) is 0 Å². The largest absolute Gasteiger partial charge is 0.390 e. The molecule has 1 N–H and O–H groups in total. The molecule has 7 unspecified atom stereocenters. The summed E-state index contributed by atoms with van der Waals surface area (Å²) >= 11 is 0. The summed E-state index contributed by atoms with van der Waals surface area (Å²) in [5.74, 6) is 5.86. The van der Waals surface area contributed by atoms with Crippen LogP contribution in [0.5, 0.6) is 0 Å². The van der Waals surface area contributed by atoms with E-state index in [9.17, 15) is 5.11 Å². The first-order chi connectivity index (χ1) is 13.0. The minimum Gasteiger partial charge on any atom is -0.390 e. The second kappa shape index (κ2) is 8.00. The van der Waals surface area contributed by atoms with Crippen LogP contribution in [0.1, 0.15) is 117 Å². The average molecular weight is 375 g/mol. The lowest BCUT2D eigenvalue weighted by Gasteiger charge is -2.57. The Morgan fingerprint density at radius 2 is 1.63 bits per heavy atom. The highest BCUT2D eigenvalue weighted by Crippen LogP contribution is 2.65. The van der Waals surface area contributed by atoms with Crippen LogP contribution in [0, 0.1) is 40.9 Å². The zero-order valence-electron chi connectivity index (χ0n) is 18.5. The zero-order valence-corrected chi connectivity index (χ0v) is 18.5. The van der Waals surface area contributed by atoms with E-state index in [1.54, 1.807) is 0 Å². The third-order valence-electron chi connectivity index (χ3n) is 10.4. The van der Waals surface area contributed by atoms with Gasteiger partial charge in [-0.05, 0) is 112 Å². The first kappa shape index (κ1) is 20.2. The summed E-state index contributed by atoms with van der Waals surface area (Å²) < 4.78 is 0. The Hall–Kier alpha value is -0.0400. The molecule has 0 bridgehead atoms. The lowest BCUT2D eigenvalue weighted by Crippen LogP contribution is -2.50. The topological polar surface area (TPSA) is 20.2 Å². The molecule has 8 atom stereocenters. The van der Waals surface area contributed by atoms with Gasteiger partial charge in [-0.1, -0.05) is 46.5 Å². The summed E-state index contributed by atoms with van der Waals surface area (Å²) in [6, 6.07) is 0. The minimum atomic E-state index is -0.325. The van der Waals surface area contributed by atoms with Crippen LogP contribution in [0.4, 0.5) is 0 Å². The van der Waals surface area contributed by atoms with Gasteiger partial charge in [0.2, 0.25) is 0 Å². The number of aliphatic hydroxyl groups is 1. The van der Waals surface area contributed by atoms with E-state index in [2.05, 4.69) is 20.8 Å². The van der Waals surface area contributed by atoms with E-state index >= 15 is 0 Å². The smallest absolute Gasteiger partial charge is 0.0648 e. The molecule has 4 rings (SSSR count). The second-order valence-electron chi connectivity index (χ2n) is 11.4. The van der Waals surface area contributed by atoms with E-state index in [0.717, 1.165) is 54.8 Å². The van der Waals surface area contributed by atoms with Crippen molar-refractivity contribution in [2.45, 2.75) is 123 Å². The van der Waals surface area contributed by atoms with Gasteiger partial charge in [-0.3, -0.25) is 0 Å². The number of hydrogen-bond donors (Lipinski definition) is 1. The normalized spacial score (nSPS) is 49.3. The summed E-state index contributed by atoms with van der Waals surface area (Å²) in [5.41, 5.74) is 0.340. The molecule has 0 heterocycles. The third-order valence-corrected chi connectivity index (χ3v) is 10.4. The molecule has 27 heavy (non-hydrogen) atoms. The molecule has 1 heteroatoms. The maximum absolute atomic E-state index is 10.9. The van der Waals surface area contributed by atoms with Crippen molar-refractivity contribution >= 4 is 0 Å². The molecule has 0 radical (unpaired) electrons. The third kappa shape index (κ3) is 3.64. The van der Waals surface area contributed by atoms with Crippen LogP contribution in [0.2, 0.25) is 0 Å². The highest BCUT2D eigenvalue weighted by Gasteiger charge is 2.57. The highest BCUT2D eigenvalue weighted by atomic mass is 16.3. The first-order valence-corrected chi connectivity index (χ1v) is 12.7. The van der Waals surface area contributed by atoms with Crippen LogP contribution in [0.3, 0.4) is 0 Å². The molecule has 0 aliphatic heterocycles. The van der Waals surface area contributed by atoms with Gasteiger partial charge in [0.25, 0.3) is 0 Å². The van der Waals surface area contributed by atoms with Gasteiger partial charge < -0.3 is 5.11 Å². The Kier molecular flexibility index (Phi) is 6.00. The molecule has 1 nitrogen and oxygen atoms in total. The van der Waals surface area contributed by atoms with Crippen molar-refractivity contribution in [3.63, 3.8) is 0 Å². The van der Waals surface area contributed by atoms with Gasteiger partial charge in [0.15, 0.2) is 0 Å². The fourth-order valence-electron chi connectivity index (χ4n) is 8.68. The van der Waals surface area contributed by atoms with Gasteiger partial charge >= 0.3 is 0 Å². The number of fused-ring (bicyclic) bond motifs is 5.